The van der Waals surface area contributed by atoms with Crippen LogP contribution >= 0.6 is 0 Å². The highest BCUT2D eigenvalue weighted by Crippen LogP contribution is 2.28. The molecule has 0 radical (unpaired) electrons. The van der Waals surface area contributed by atoms with Gasteiger partial charge in [0.2, 0.25) is 0 Å². The first kappa shape index (κ1) is 11.1. The fourth-order valence-electron chi connectivity index (χ4n) is 2.31. The maximum Gasteiger partial charge on any atom is 0.255 e. The molecule has 16 heavy (non-hydrogen) atoms. The summed E-state index contributed by atoms with van der Waals surface area (Å²) in [7, 11) is 0. The van der Waals surface area contributed by atoms with Gasteiger partial charge in [-0.15, -0.1) is 0 Å². The zero-order chi connectivity index (χ0) is 11.7. The van der Waals surface area contributed by atoms with Crippen molar-refractivity contribution >= 4 is 11.6 Å². The van der Waals surface area contributed by atoms with Crippen molar-refractivity contribution in [3.8, 4) is 0 Å². The third-order valence-corrected chi connectivity index (χ3v) is 3.12. The van der Waals surface area contributed by atoms with Crippen LogP contribution in [0.5, 0.6) is 0 Å². The second-order valence-corrected chi connectivity index (χ2v) is 4.39. The Morgan fingerprint density at radius 2 is 1.94 bits per heavy atom. The number of carbonyl (C=O) groups excluding carboxylic acids is 1. The Morgan fingerprint density at radius 3 is 2.56 bits per heavy atom. The molecule has 3 heteroatoms. The summed E-state index contributed by atoms with van der Waals surface area (Å²) in [6.45, 7) is 4.70. The van der Waals surface area contributed by atoms with Crippen LogP contribution in [0.15, 0.2) is 18.2 Å². The van der Waals surface area contributed by atoms with Gasteiger partial charge in [0.25, 0.3) is 5.91 Å². The maximum atomic E-state index is 11.9. The molecule has 1 heterocycles. The third kappa shape index (κ3) is 1.83. The first-order chi connectivity index (χ1) is 7.61. The Morgan fingerprint density at radius 1 is 1.31 bits per heavy atom. The van der Waals surface area contributed by atoms with Gasteiger partial charge in [-0.3, -0.25) is 4.79 Å². The molecular formula is C13H17NO2. The van der Waals surface area contributed by atoms with Crippen LogP contribution in [0.2, 0.25) is 0 Å². The topological polar surface area (TPSA) is 40.5 Å². The van der Waals surface area contributed by atoms with Gasteiger partial charge in [0, 0.05) is 12.2 Å². The van der Waals surface area contributed by atoms with Crippen molar-refractivity contribution in [2.24, 2.45) is 0 Å². The van der Waals surface area contributed by atoms with Gasteiger partial charge in [-0.2, -0.15) is 0 Å². The van der Waals surface area contributed by atoms with Gasteiger partial charge >= 0.3 is 0 Å². The average molecular weight is 219 g/mol. The molecule has 1 amide bonds. The van der Waals surface area contributed by atoms with Crippen molar-refractivity contribution in [1.29, 1.82) is 0 Å². The van der Waals surface area contributed by atoms with Crippen molar-refractivity contribution in [3.05, 3.63) is 29.3 Å². The van der Waals surface area contributed by atoms with Crippen LogP contribution in [0.4, 0.5) is 5.69 Å². The van der Waals surface area contributed by atoms with Gasteiger partial charge in [0.05, 0.1) is 0 Å². The van der Waals surface area contributed by atoms with Gasteiger partial charge in [-0.25, -0.2) is 0 Å². The molecule has 1 aliphatic rings. The van der Waals surface area contributed by atoms with E-state index in [4.69, 9.17) is 0 Å². The molecule has 0 spiro atoms. The molecule has 0 aliphatic carbocycles. The highest BCUT2D eigenvalue weighted by atomic mass is 16.3. The van der Waals surface area contributed by atoms with Gasteiger partial charge in [0.15, 0.2) is 0 Å². The summed E-state index contributed by atoms with van der Waals surface area (Å²) < 4.78 is 0. The van der Waals surface area contributed by atoms with E-state index in [1.54, 1.807) is 4.90 Å². The molecule has 0 saturated carbocycles. The fraction of sp³-hybridized carbons (Fsp3) is 0.462. The number of hydrogen-bond acceptors (Lipinski definition) is 2. The molecule has 1 atom stereocenters. The highest BCUT2D eigenvalue weighted by Gasteiger charge is 2.29. The molecule has 86 valence electrons. The Bertz CT molecular complexity index is 394. The summed E-state index contributed by atoms with van der Waals surface area (Å²) in [6, 6.07) is 5.98. The van der Waals surface area contributed by atoms with Crippen LogP contribution in [0.25, 0.3) is 0 Å². The number of aliphatic hydroxyl groups excluding tert-OH is 1. The minimum absolute atomic E-state index is 0.163. The number of para-hydroxylation sites is 1. The summed E-state index contributed by atoms with van der Waals surface area (Å²) in [4.78, 5) is 13.6. The molecular weight excluding hydrogens is 202 g/mol. The molecule has 1 aromatic carbocycles. The molecule has 3 nitrogen and oxygen atoms in total. The fourth-order valence-corrected chi connectivity index (χ4v) is 2.31. The van der Waals surface area contributed by atoms with E-state index in [1.807, 2.05) is 32.0 Å². The predicted molar refractivity (Wildman–Crippen MR) is 63.5 cm³/mol. The Kier molecular flexibility index (Phi) is 2.97. The van der Waals surface area contributed by atoms with Crippen LogP contribution in [-0.4, -0.2) is 23.7 Å². The van der Waals surface area contributed by atoms with E-state index in [1.165, 1.54) is 0 Å². The quantitative estimate of drug-likeness (QED) is 0.782. The molecule has 1 fully saturated rings. The number of anilines is 1. The van der Waals surface area contributed by atoms with Crippen LogP contribution < -0.4 is 4.90 Å². The standard InChI is InChI=1S/C13H17NO2/c1-9-5-3-6-10(2)12(9)14-8-4-7-11(15)13(14)16/h3,5-6,11,15H,4,7-8H2,1-2H3. The molecule has 0 aromatic heterocycles. The number of rotatable bonds is 1. The van der Waals surface area contributed by atoms with Crippen LogP contribution in [0.3, 0.4) is 0 Å². The number of benzene rings is 1. The minimum atomic E-state index is -0.826. The van der Waals surface area contributed by atoms with Gasteiger partial charge in [0.1, 0.15) is 6.10 Å². The lowest BCUT2D eigenvalue weighted by Crippen LogP contribution is -2.44. The van der Waals surface area contributed by atoms with Crippen LogP contribution in [0, 0.1) is 13.8 Å². The number of hydrogen-bond donors (Lipinski definition) is 1. The van der Waals surface area contributed by atoms with E-state index in [0.717, 1.165) is 23.2 Å². The lowest BCUT2D eigenvalue weighted by Gasteiger charge is -2.32. The lowest BCUT2D eigenvalue weighted by molar-refractivity contribution is -0.128. The SMILES string of the molecule is Cc1cccc(C)c1N1CCCC(O)C1=O. The van der Waals surface area contributed by atoms with Crippen LogP contribution in [-0.2, 0) is 4.79 Å². The molecule has 1 N–H and O–H groups in total. The third-order valence-electron chi connectivity index (χ3n) is 3.12. The predicted octanol–water partition coefficient (Wildman–Crippen LogP) is 1.79. The minimum Gasteiger partial charge on any atom is -0.383 e. The first-order valence-electron chi connectivity index (χ1n) is 5.67. The largest absolute Gasteiger partial charge is 0.383 e. The van der Waals surface area contributed by atoms with E-state index in [-0.39, 0.29) is 5.91 Å². The molecule has 1 unspecified atom stereocenters. The van der Waals surface area contributed by atoms with Crippen molar-refractivity contribution in [3.63, 3.8) is 0 Å². The Balaban J connectivity index is 2.40. The highest BCUT2D eigenvalue weighted by molar-refractivity contribution is 5.98. The number of carbonyl (C=O) groups is 1. The summed E-state index contributed by atoms with van der Waals surface area (Å²) in [5.41, 5.74) is 3.14. The van der Waals surface area contributed by atoms with Gasteiger partial charge in [-0.1, -0.05) is 18.2 Å². The normalized spacial score (nSPS) is 21.3. The van der Waals surface area contributed by atoms with Crippen molar-refractivity contribution < 1.29 is 9.90 Å². The lowest BCUT2D eigenvalue weighted by atomic mass is 10.0. The average Bonchev–Trinajstić information content (AvgIpc) is 2.24. The number of aryl methyl sites for hydroxylation is 2. The van der Waals surface area contributed by atoms with Crippen molar-refractivity contribution in [2.45, 2.75) is 32.8 Å². The monoisotopic (exact) mass is 219 g/mol. The second kappa shape index (κ2) is 4.26. The van der Waals surface area contributed by atoms with E-state index in [9.17, 15) is 9.90 Å². The van der Waals surface area contributed by atoms with E-state index < -0.39 is 6.10 Å². The summed E-state index contributed by atoms with van der Waals surface area (Å²) >= 11 is 0. The van der Waals surface area contributed by atoms with Gasteiger partial charge in [-0.05, 0) is 37.8 Å². The molecule has 1 aliphatic heterocycles. The zero-order valence-corrected chi connectivity index (χ0v) is 9.73. The number of piperidine rings is 1. The van der Waals surface area contributed by atoms with Gasteiger partial charge < -0.3 is 10.0 Å². The second-order valence-electron chi connectivity index (χ2n) is 4.39. The zero-order valence-electron chi connectivity index (χ0n) is 9.73. The van der Waals surface area contributed by atoms with E-state index in [0.29, 0.717) is 13.0 Å². The number of nitrogens with zero attached hydrogens (tertiary/aromatic N) is 1. The smallest absolute Gasteiger partial charge is 0.255 e. The molecule has 2 rings (SSSR count). The van der Waals surface area contributed by atoms with Crippen LogP contribution in [0.1, 0.15) is 24.0 Å². The maximum absolute atomic E-state index is 11.9. The Hall–Kier alpha value is -1.35. The summed E-state index contributed by atoms with van der Waals surface area (Å²) in [5, 5.41) is 9.60. The summed E-state index contributed by atoms with van der Waals surface area (Å²) in [6.07, 6.45) is 0.619. The Labute approximate surface area is 95.7 Å². The van der Waals surface area contributed by atoms with E-state index >= 15 is 0 Å². The summed E-state index contributed by atoms with van der Waals surface area (Å²) in [5.74, 6) is -0.163. The van der Waals surface area contributed by atoms with Crippen molar-refractivity contribution in [1.82, 2.24) is 0 Å². The van der Waals surface area contributed by atoms with E-state index in [2.05, 4.69) is 0 Å². The molecule has 0 bridgehead atoms. The first-order valence-corrected chi connectivity index (χ1v) is 5.67. The molecule has 1 saturated heterocycles. The number of amides is 1. The molecule has 1 aromatic rings. The van der Waals surface area contributed by atoms with Crippen molar-refractivity contribution in [2.75, 3.05) is 11.4 Å². The number of aliphatic hydroxyl groups is 1.